The number of sulfonamides is 1. The third-order valence-electron chi connectivity index (χ3n) is 3.39. The second-order valence-corrected chi connectivity index (χ2v) is 6.91. The van der Waals surface area contributed by atoms with Gasteiger partial charge >= 0.3 is 0 Å². The fourth-order valence-electron chi connectivity index (χ4n) is 2.23. The number of rotatable bonds is 5. The summed E-state index contributed by atoms with van der Waals surface area (Å²) in [5.41, 5.74) is 1.46. The van der Waals surface area contributed by atoms with Gasteiger partial charge in [-0.05, 0) is 17.7 Å². The Kier molecular flexibility index (Phi) is 4.12. The van der Waals surface area contributed by atoms with Gasteiger partial charge in [-0.1, -0.05) is 30.3 Å². The number of anilines is 1. The van der Waals surface area contributed by atoms with Crippen molar-refractivity contribution in [3.8, 4) is 0 Å². The predicted octanol–water partition coefficient (Wildman–Crippen LogP) is 2.21. The van der Waals surface area contributed by atoms with E-state index in [9.17, 15) is 8.42 Å². The maximum atomic E-state index is 13.0. The normalized spacial score (nSPS) is 11.3. The Morgan fingerprint density at radius 1 is 1.09 bits per heavy atom. The van der Waals surface area contributed by atoms with Crippen LogP contribution in [0.25, 0.3) is 0 Å². The summed E-state index contributed by atoms with van der Waals surface area (Å²) < 4.78 is 28.8. The minimum absolute atomic E-state index is 0.160. The molecule has 2 heterocycles. The molecule has 0 bridgehead atoms. The topological polar surface area (TPSA) is 68.1 Å². The molecule has 0 radical (unpaired) electrons. The van der Waals surface area contributed by atoms with Crippen LogP contribution in [0, 0.1) is 0 Å². The van der Waals surface area contributed by atoms with Crippen LogP contribution in [-0.4, -0.2) is 23.2 Å². The van der Waals surface area contributed by atoms with Gasteiger partial charge in [0.05, 0.1) is 18.4 Å². The van der Waals surface area contributed by atoms with Gasteiger partial charge in [0.25, 0.3) is 10.0 Å². The maximum absolute atomic E-state index is 13.0. The molecule has 6 nitrogen and oxygen atoms in total. The summed E-state index contributed by atoms with van der Waals surface area (Å²) in [6.07, 6.45) is 6.00. The van der Waals surface area contributed by atoms with E-state index >= 15 is 0 Å². The Labute approximate surface area is 135 Å². The van der Waals surface area contributed by atoms with Crippen molar-refractivity contribution in [2.45, 2.75) is 11.4 Å². The van der Waals surface area contributed by atoms with Crippen LogP contribution in [0.4, 0.5) is 5.69 Å². The monoisotopic (exact) mass is 328 g/mol. The van der Waals surface area contributed by atoms with Crippen LogP contribution in [0.2, 0.25) is 0 Å². The zero-order valence-corrected chi connectivity index (χ0v) is 13.4. The molecule has 0 unspecified atom stereocenters. The van der Waals surface area contributed by atoms with E-state index in [1.165, 1.54) is 21.4 Å². The first kappa shape index (κ1) is 15.2. The number of aromatic nitrogens is 3. The van der Waals surface area contributed by atoms with Gasteiger partial charge in [0.2, 0.25) is 0 Å². The Balaban J connectivity index is 2.05. The Hall–Kier alpha value is -2.67. The standard InChI is InChI=1S/C16H16N4O2S/c1-19-13-16(11-18-19)23(21,22)20(15-7-9-17-10-8-15)12-14-5-3-2-4-6-14/h2-11,13H,12H2,1H3. The fraction of sp³-hybridized carbons (Fsp3) is 0.125. The molecule has 3 aromatic rings. The molecule has 23 heavy (non-hydrogen) atoms. The summed E-state index contributed by atoms with van der Waals surface area (Å²) in [5.74, 6) is 0. The van der Waals surface area contributed by atoms with Crippen molar-refractivity contribution in [1.29, 1.82) is 0 Å². The molecular weight excluding hydrogens is 312 g/mol. The first-order chi connectivity index (χ1) is 11.1. The van der Waals surface area contributed by atoms with E-state index in [0.717, 1.165) is 5.56 Å². The SMILES string of the molecule is Cn1cc(S(=O)(=O)N(Cc2ccccc2)c2ccncc2)cn1. The number of aryl methyl sites for hydroxylation is 1. The number of benzene rings is 1. The molecule has 118 valence electrons. The predicted molar refractivity (Wildman–Crippen MR) is 87.3 cm³/mol. The zero-order chi connectivity index (χ0) is 16.3. The van der Waals surface area contributed by atoms with Gasteiger partial charge in [0.1, 0.15) is 4.90 Å². The molecule has 1 aromatic carbocycles. The second-order valence-electron chi connectivity index (χ2n) is 5.05. The molecule has 0 aliphatic carbocycles. The highest BCUT2D eigenvalue weighted by molar-refractivity contribution is 7.92. The van der Waals surface area contributed by atoms with Gasteiger partial charge < -0.3 is 0 Å². The highest BCUT2D eigenvalue weighted by atomic mass is 32.2. The van der Waals surface area contributed by atoms with Crippen molar-refractivity contribution in [2.24, 2.45) is 7.05 Å². The lowest BCUT2D eigenvalue weighted by Gasteiger charge is -2.23. The summed E-state index contributed by atoms with van der Waals surface area (Å²) in [7, 11) is -2.02. The van der Waals surface area contributed by atoms with Gasteiger partial charge in [-0.15, -0.1) is 0 Å². The quantitative estimate of drug-likeness (QED) is 0.720. The number of hydrogen-bond acceptors (Lipinski definition) is 4. The average Bonchev–Trinajstić information content (AvgIpc) is 3.02. The molecule has 0 atom stereocenters. The molecule has 0 amide bonds. The molecule has 0 N–H and O–H groups in total. The van der Waals surface area contributed by atoms with E-state index in [0.29, 0.717) is 5.69 Å². The lowest BCUT2D eigenvalue weighted by Crippen LogP contribution is -2.30. The Bertz CT molecular complexity index is 877. The van der Waals surface area contributed by atoms with E-state index in [1.54, 1.807) is 31.6 Å². The first-order valence-corrected chi connectivity index (χ1v) is 8.47. The van der Waals surface area contributed by atoms with Gasteiger partial charge in [-0.2, -0.15) is 5.10 Å². The van der Waals surface area contributed by atoms with Crippen molar-refractivity contribution >= 4 is 15.7 Å². The molecule has 0 aliphatic heterocycles. The Morgan fingerprint density at radius 2 is 1.78 bits per heavy atom. The van der Waals surface area contributed by atoms with Gasteiger partial charge in [0, 0.05) is 25.6 Å². The van der Waals surface area contributed by atoms with E-state index in [1.807, 2.05) is 30.3 Å². The maximum Gasteiger partial charge on any atom is 0.267 e. The average molecular weight is 328 g/mol. The summed E-state index contributed by atoms with van der Waals surface area (Å²) in [4.78, 5) is 4.12. The number of hydrogen-bond donors (Lipinski definition) is 0. The highest BCUT2D eigenvalue weighted by Gasteiger charge is 2.26. The molecule has 0 saturated carbocycles. The molecule has 7 heteroatoms. The van der Waals surface area contributed by atoms with Crippen LogP contribution in [0.3, 0.4) is 0 Å². The van der Waals surface area contributed by atoms with Crippen molar-refractivity contribution in [3.05, 3.63) is 72.8 Å². The lowest BCUT2D eigenvalue weighted by atomic mass is 10.2. The molecule has 0 saturated heterocycles. The van der Waals surface area contributed by atoms with Crippen molar-refractivity contribution in [3.63, 3.8) is 0 Å². The summed E-state index contributed by atoms with van der Waals surface area (Å²) >= 11 is 0. The summed E-state index contributed by atoms with van der Waals surface area (Å²) in [5, 5.41) is 3.96. The summed E-state index contributed by atoms with van der Waals surface area (Å²) in [6.45, 7) is 0.238. The van der Waals surface area contributed by atoms with E-state index in [-0.39, 0.29) is 11.4 Å². The van der Waals surface area contributed by atoms with Crippen LogP contribution in [-0.2, 0) is 23.6 Å². The first-order valence-electron chi connectivity index (χ1n) is 7.03. The van der Waals surface area contributed by atoms with E-state index in [4.69, 9.17) is 0 Å². The third kappa shape index (κ3) is 3.24. The van der Waals surface area contributed by atoms with Crippen LogP contribution < -0.4 is 4.31 Å². The number of nitrogens with zero attached hydrogens (tertiary/aromatic N) is 4. The van der Waals surface area contributed by atoms with Crippen LogP contribution in [0.15, 0.2) is 72.1 Å². The lowest BCUT2D eigenvalue weighted by molar-refractivity contribution is 0.590. The molecule has 3 rings (SSSR count). The van der Waals surface area contributed by atoms with Crippen molar-refractivity contribution in [2.75, 3.05) is 4.31 Å². The van der Waals surface area contributed by atoms with Gasteiger partial charge in [-0.3, -0.25) is 14.0 Å². The van der Waals surface area contributed by atoms with Gasteiger partial charge in [-0.25, -0.2) is 8.42 Å². The van der Waals surface area contributed by atoms with Gasteiger partial charge in [0.15, 0.2) is 0 Å². The van der Waals surface area contributed by atoms with Crippen molar-refractivity contribution < 1.29 is 8.42 Å². The molecule has 2 aromatic heterocycles. The number of pyridine rings is 1. The highest BCUT2D eigenvalue weighted by Crippen LogP contribution is 2.25. The minimum atomic E-state index is -3.71. The minimum Gasteiger partial charge on any atom is -0.274 e. The molecule has 0 spiro atoms. The second kappa shape index (κ2) is 6.21. The third-order valence-corrected chi connectivity index (χ3v) is 5.12. The van der Waals surface area contributed by atoms with Crippen LogP contribution in [0.5, 0.6) is 0 Å². The van der Waals surface area contributed by atoms with Crippen LogP contribution >= 0.6 is 0 Å². The molecule has 0 aliphatic rings. The van der Waals surface area contributed by atoms with E-state index < -0.39 is 10.0 Å². The van der Waals surface area contributed by atoms with Crippen LogP contribution in [0.1, 0.15) is 5.56 Å². The Morgan fingerprint density at radius 3 is 2.39 bits per heavy atom. The molecule has 0 fully saturated rings. The smallest absolute Gasteiger partial charge is 0.267 e. The summed E-state index contributed by atoms with van der Waals surface area (Å²) in [6, 6.07) is 12.8. The fourth-order valence-corrected chi connectivity index (χ4v) is 3.67. The molecular formula is C16H16N4O2S. The van der Waals surface area contributed by atoms with Crippen molar-refractivity contribution in [1.82, 2.24) is 14.8 Å². The van der Waals surface area contributed by atoms with E-state index in [2.05, 4.69) is 10.1 Å². The zero-order valence-electron chi connectivity index (χ0n) is 12.6. The largest absolute Gasteiger partial charge is 0.274 e.